The number of hydrogen-bond donors (Lipinski definition) is 1. The first-order chi connectivity index (χ1) is 20.2. The van der Waals surface area contributed by atoms with Crippen LogP contribution < -0.4 is 19.1 Å². The third-order valence-corrected chi connectivity index (χ3v) is 10.5. The molecule has 1 unspecified atom stereocenters. The lowest BCUT2D eigenvalue weighted by atomic mass is 9.88. The van der Waals surface area contributed by atoms with Gasteiger partial charge in [0.1, 0.15) is 22.2 Å². The largest absolute Gasteiger partial charge is 0.497 e. The molecule has 1 aliphatic rings. The Kier molecular flexibility index (Phi) is 9.25. The molecule has 0 fully saturated rings. The number of thiazole rings is 1. The molecule has 1 aromatic heterocycles. The van der Waals surface area contributed by atoms with Crippen LogP contribution in [-0.2, 0) is 29.4 Å². The lowest BCUT2D eigenvalue weighted by Crippen LogP contribution is -2.31. The number of rotatable bonds is 11. The second-order valence-corrected chi connectivity index (χ2v) is 13.2. The van der Waals surface area contributed by atoms with Crippen molar-refractivity contribution in [2.24, 2.45) is 0 Å². The van der Waals surface area contributed by atoms with Crippen molar-refractivity contribution in [3.63, 3.8) is 0 Å². The van der Waals surface area contributed by atoms with Crippen molar-refractivity contribution in [1.82, 2.24) is 4.98 Å². The highest BCUT2D eigenvalue weighted by Crippen LogP contribution is 2.37. The summed E-state index contributed by atoms with van der Waals surface area (Å²) in [6, 6.07) is 13.8. The summed E-state index contributed by atoms with van der Waals surface area (Å²) in [6.45, 7) is 1.90. The van der Waals surface area contributed by atoms with Gasteiger partial charge in [-0.25, -0.2) is 22.1 Å². The van der Waals surface area contributed by atoms with E-state index < -0.39 is 20.7 Å². The summed E-state index contributed by atoms with van der Waals surface area (Å²) in [6.07, 6.45) is 6.76. The van der Waals surface area contributed by atoms with Gasteiger partial charge >= 0.3 is 0 Å². The maximum absolute atomic E-state index is 15.7. The van der Waals surface area contributed by atoms with Gasteiger partial charge in [0, 0.05) is 23.2 Å². The van der Waals surface area contributed by atoms with Gasteiger partial charge in [-0.3, -0.25) is 0 Å². The van der Waals surface area contributed by atoms with Crippen LogP contribution in [0.5, 0.6) is 11.5 Å². The van der Waals surface area contributed by atoms with Crippen molar-refractivity contribution in [1.29, 1.82) is 0 Å². The first kappa shape index (κ1) is 30.1. The first-order valence-corrected chi connectivity index (χ1v) is 16.4. The van der Waals surface area contributed by atoms with Crippen LogP contribution in [0.3, 0.4) is 0 Å². The van der Waals surface area contributed by atoms with Crippen molar-refractivity contribution < 1.29 is 22.3 Å². The minimum atomic E-state index is -4.42. The number of aromatic nitrogens is 1. The Bertz CT molecular complexity index is 1670. The van der Waals surface area contributed by atoms with Gasteiger partial charge in [-0.1, -0.05) is 36.7 Å². The Balaban J connectivity index is 1.46. The van der Waals surface area contributed by atoms with Crippen LogP contribution in [-0.4, -0.2) is 27.6 Å². The Morgan fingerprint density at radius 2 is 1.86 bits per heavy atom. The van der Waals surface area contributed by atoms with E-state index in [0.717, 1.165) is 46.5 Å². The maximum atomic E-state index is 15.7. The molecule has 222 valence electrons. The summed E-state index contributed by atoms with van der Waals surface area (Å²) >= 11 is 7.75. The van der Waals surface area contributed by atoms with E-state index >= 15 is 4.39 Å². The van der Waals surface area contributed by atoms with Crippen LogP contribution in [0.2, 0.25) is 5.02 Å². The Morgan fingerprint density at radius 1 is 1.07 bits per heavy atom. The summed E-state index contributed by atoms with van der Waals surface area (Å²) in [5.74, 6) is 0.0725. The van der Waals surface area contributed by atoms with E-state index in [1.165, 1.54) is 50.5 Å². The van der Waals surface area contributed by atoms with Crippen molar-refractivity contribution in [2.45, 2.75) is 56.5 Å². The molecule has 3 aromatic carbocycles. The Labute approximate surface area is 255 Å². The molecule has 0 saturated heterocycles. The van der Waals surface area contributed by atoms with E-state index in [1.54, 1.807) is 23.6 Å². The second kappa shape index (κ2) is 12.9. The molecule has 0 spiro atoms. The first-order valence-electron chi connectivity index (χ1n) is 13.8. The minimum Gasteiger partial charge on any atom is -0.497 e. The van der Waals surface area contributed by atoms with Crippen LogP contribution in [0.25, 0.3) is 0 Å². The maximum Gasteiger partial charge on any atom is 0.269 e. The molecule has 7 nitrogen and oxygen atoms in total. The Hall–Kier alpha value is -3.34. The smallest absolute Gasteiger partial charge is 0.269 e. The molecule has 0 radical (unpaired) electrons. The van der Waals surface area contributed by atoms with Crippen LogP contribution >= 0.6 is 22.9 Å². The molecular weight excluding hydrogens is 597 g/mol. The lowest BCUT2D eigenvalue weighted by molar-refractivity contribution is 0.391. The number of nitrogens with zero attached hydrogens (tertiary/aromatic N) is 2. The normalized spacial score (nSPS) is 13.7. The van der Waals surface area contributed by atoms with Gasteiger partial charge in [0.25, 0.3) is 10.0 Å². The number of aryl methyl sites for hydroxylation is 2. The number of fused-ring (bicyclic) bond motifs is 1. The van der Waals surface area contributed by atoms with Crippen molar-refractivity contribution in [3.05, 3.63) is 93.2 Å². The molecule has 0 aliphatic heterocycles. The highest BCUT2D eigenvalue weighted by Gasteiger charge is 2.32. The molecule has 1 atom stereocenters. The predicted molar refractivity (Wildman–Crippen MR) is 166 cm³/mol. The number of hydrogen-bond acceptors (Lipinski definition) is 7. The average molecular weight is 630 g/mol. The SMILES string of the molecule is CCC(Nc1cc(F)c(S(=O)(=O)N(Cc2ccc(OC)cc2OC)c2nccs2)cc1Cl)c1ccc2c(c1)CCCC2. The molecule has 11 heteroatoms. The molecule has 0 bridgehead atoms. The molecule has 1 heterocycles. The van der Waals surface area contributed by atoms with E-state index in [-0.39, 0.29) is 22.7 Å². The number of nitrogens with one attached hydrogen (secondary N) is 1. The molecule has 0 saturated carbocycles. The zero-order valence-corrected chi connectivity index (χ0v) is 26.1. The molecule has 5 rings (SSSR count). The average Bonchev–Trinajstić information content (AvgIpc) is 3.54. The van der Waals surface area contributed by atoms with Gasteiger partial charge in [-0.2, -0.15) is 0 Å². The van der Waals surface area contributed by atoms with Crippen molar-refractivity contribution in [2.75, 3.05) is 23.8 Å². The van der Waals surface area contributed by atoms with Gasteiger partial charge in [-0.05, 0) is 73.1 Å². The van der Waals surface area contributed by atoms with E-state index in [0.29, 0.717) is 22.7 Å². The highest BCUT2D eigenvalue weighted by molar-refractivity contribution is 7.93. The van der Waals surface area contributed by atoms with Crippen LogP contribution in [0.4, 0.5) is 15.2 Å². The van der Waals surface area contributed by atoms with Crippen LogP contribution in [0, 0.1) is 5.82 Å². The fourth-order valence-electron chi connectivity index (χ4n) is 5.27. The molecular formula is C31H33ClFN3O4S2. The summed E-state index contributed by atoms with van der Waals surface area (Å²) in [7, 11) is -1.41. The summed E-state index contributed by atoms with van der Waals surface area (Å²) < 4.78 is 55.5. The minimum absolute atomic E-state index is 0.104. The van der Waals surface area contributed by atoms with E-state index in [9.17, 15) is 8.42 Å². The summed E-state index contributed by atoms with van der Waals surface area (Å²) in [5, 5.41) is 5.29. The predicted octanol–water partition coefficient (Wildman–Crippen LogP) is 7.79. The van der Waals surface area contributed by atoms with Crippen LogP contribution in [0.15, 0.2) is 65.0 Å². The number of anilines is 2. The standard InChI is InChI=1S/C31H33ClFN3O4S2/c1-4-27(22-10-9-20-7-5-6-8-21(20)15-22)35-28-18-26(33)30(17-25(28)32)42(37,38)36(31-34-13-14-41-31)19-23-11-12-24(39-2)16-29(23)40-3/h9-18,27,35H,4-8,19H2,1-3H3. The van der Waals surface area contributed by atoms with Crippen molar-refractivity contribution in [3.8, 4) is 11.5 Å². The zero-order valence-electron chi connectivity index (χ0n) is 23.7. The monoisotopic (exact) mass is 629 g/mol. The lowest BCUT2D eigenvalue weighted by Gasteiger charge is -2.25. The van der Waals surface area contributed by atoms with E-state index in [2.05, 4.69) is 28.5 Å². The highest BCUT2D eigenvalue weighted by atomic mass is 35.5. The van der Waals surface area contributed by atoms with Crippen molar-refractivity contribution >= 4 is 43.8 Å². The second-order valence-electron chi connectivity index (χ2n) is 10.1. The number of sulfonamides is 1. The molecule has 1 aliphatic carbocycles. The topological polar surface area (TPSA) is 80.8 Å². The summed E-state index contributed by atoms with van der Waals surface area (Å²) in [4.78, 5) is 3.67. The molecule has 1 N–H and O–H groups in total. The van der Waals surface area contributed by atoms with Crippen LogP contribution in [0.1, 0.15) is 54.5 Å². The Morgan fingerprint density at radius 3 is 2.55 bits per heavy atom. The zero-order chi connectivity index (χ0) is 29.9. The van der Waals surface area contributed by atoms with E-state index in [4.69, 9.17) is 21.1 Å². The fourth-order valence-corrected chi connectivity index (χ4v) is 7.89. The summed E-state index contributed by atoms with van der Waals surface area (Å²) in [5.41, 5.74) is 4.71. The third kappa shape index (κ3) is 6.21. The van der Waals surface area contributed by atoms with Gasteiger partial charge in [0.05, 0.1) is 37.5 Å². The molecule has 4 aromatic rings. The van der Waals surface area contributed by atoms with Gasteiger partial charge < -0.3 is 14.8 Å². The quantitative estimate of drug-likeness (QED) is 0.182. The number of methoxy groups -OCH3 is 2. The van der Waals surface area contributed by atoms with Gasteiger partial charge in [0.2, 0.25) is 0 Å². The number of ether oxygens (including phenoxy) is 2. The number of halogens is 2. The van der Waals surface area contributed by atoms with Gasteiger partial charge in [0.15, 0.2) is 5.13 Å². The number of benzene rings is 3. The molecule has 42 heavy (non-hydrogen) atoms. The third-order valence-electron chi connectivity index (χ3n) is 7.54. The van der Waals surface area contributed by atoms with Gasteiger partial charge in [-0.15, -0.1) is 11.3 Å². The molecule has 0 amide bonds. The fraction of sp³-hybridized carbons (Fsp3) is 0.323. The van der Waals surface area contributed by atoms with E-state index in [1.807, 2.05) is 6.92 Å².